The van der Waals surface area contributed by atoms with E-state index in [0.717, 1.165) is 5.56 Å². The van der Waals surface area contributed by atoms with Crippen molar-refractivity contribution in [2.24, 2.45) is 0 Å². The lowest BCUT2D eigenvalue weighted by Crippen LogP contribution is -2.09. The van der Waals surface area contributed by atoms with Gasteiger partial charge in [0.25, 0.3) is 0 Å². The molecular formula is C19H17N7O3. The molecule has 0 saturated heterocycles. The first-order valence-electron chi connectivity index (χ1n) is 8.61. The Morgan fingerprint density at radius 3 is 2.62 bits per heavy atom. The van der Waals surface area contributed by atoms with E-state index in [-0.39, 0.29) is 12.6 Å². The fraction of sp³-hybridized carbons (Fsp3) is 0.105. The molecule has 0 radical (unpaired) electrons. The first-order valence-corrected chi connectivity index (χ1v) is 8.61. The number of hydrogen-bond acceptors (Lipinski definition) is 10. The van der Waals surface area contributed by atoms with E-state index in [1.807, 2.05) is 36.4 Å². The fourth-order valence-electron chi connectivity index (χ4n) is 2.57. The second-order valence-corrected chi connectivity index (χ2v) is 5.82. The van der Waals surface area contributed by atoms with Crippen LogP contribution in [0.3, 0.4) is 0 Å². The van der Waals surface area contributed by atoms with Gasteiger partial charge in [-0.05, 0) is 36.4 Å². The zero-order valence-electron chi connectivity index (χ0n) is 15.4. The zero-order chi connectivity index (χ0) is 20.1. The summed E-state index contributed by atoms with van der Waals surface area (Å²) in [7, 11) is 1.59. The Morgan fingerprint density at radius 2 is 1.86 bits per heavy atom. The number of rotatable bonds is 7. The molecule has 2 aromatic heterocycles. The zero-order valence-corrected chi connectivity index (χ0v) is 15.4. The van der Waals surface area contributed by atoms with Crippen LogP contribution in [0.5, 0.6) is 11.5 Å². The number of ether oxygens (including phenoxy) is 2. The van der Waals surface area contributed by atoms with Gasteiger partial charge in [-0.15, -0.1) is 10.2 Å². The highest BCUT2D eigenvalue weighted by Crippen LogP contribution is 2.26. The van der Waals surface area contributed by atoms with Crippen molar-refractivity contribution in [1.29, 1.82) is 0 Å². The lowest BCUT2D eigenvalue weighted by Gasteiger charge is -2.11. The van der Waals surface area contributed by atoms with E-state index in [1.54, 1.807) is 19.2 Å². The standard InChI is InChI=1S/C19H17N7O3/c1-27-15-5-3-2-4-14(15)22-19-24-16(23-18(20)25-19)10-28-13-8-6-12(7-9-13)17-26-21-11-29-17/h2-9,11H,10H2,1H3,(H3,20,22,23,24,25). The molecule has 0 aliphatic carbocycles. The predicted octanol–water partition coefficient (Wildman–Crippen LogP) is 2.84. The van der Waals surface area contributed by atoms with Crippen molar-refractivity contribution >= 4 is 17.6 Å². The molecule has 3 N–H and O–H groups in total. The number of para-hydroxylation sites is 2. The van der Waals surface area contributed by atoms with Crippen LogP contribution in [0.4, 0.5) is 17.6 Å². The molecular weight excluding hydrogens is 374 g/mol. The van der Waals surface area contributed by atoms with Crippen LogP contribution in [-0.2, 0) is 6.61 Å². The molecule has 10 heteroatoms. The summed E-state index contributed by atoms with van der Waals surface area (Å²) in [6.45, 7) is 0.118. The van der Waals surface area contributed by atoms with E-state index < -0.39 is 0 Å². The van der Waals surface area contributed by atoms with E-state index in [4.69, 9.17) is 19.6 Å². The Kier molecular flexibility index (Phi) is 5.14. The third-order valence-electron chi connectivity index (χ3n) is 3.88. The van der Waals surface area contributed by atoms with Gasteiger partial charge in [-0.3, -0.25) is 0 Å². The van der Waals surface area contributed by atoms with Gasteiger partial charge in [0.05, 0.1) is 12.8 Å². The molecule has 0 unspecified atom stereocenters. The third kappa shape index (κ3) is 4.38. The maximum atomic E-state index is 5.81. The number of hydrogen-bond donors (Lipinski definition) is 2. The van der Waals surface area contributed by atoms with Crippen molar-refractivity contribution in [2.75, 3.05) is 18.2 Å². The largest absolute Gasteiger partial charge is 0.495 e. The van der Waals surface area contributed by atoms with Crippen molar-refractivity contribution in [2.45, 2.75) is 6.61 Å². The Morgan fingerprint density at radius 1 is 1.03 bits per heavy atom. The van der Waals surface area contributed by atoms with Gasteiger partial charge in [0.1, 0.15) is 18.1 Å². The molecule has 0 saturated carbocycles. The molecule has 2 aromatic carbocycles. The quantitative estimate of drug-likeness (QED) is 0.484. The number of nitrogens with one attached hydrogen (secondary N) is 1. The second-order valence-electron chi connectivity index (χ2n) is 5.82. The number of anilines is 3. The smallest absolute Gasteiger partial charge is 0.247 e. The summed E-state index contributed by atoms with van der Waals surface area (Å²) in [6, 6.07) is 14.6. The van der Waals surface area contributed by atoms with Crippen LogP contribution in [0.25, 0.3) is 11.5 Å². The van der Waals surface area contributed by atoms with Crippen LogP contribution < -0.4 is 20.5 Å². The van der Waals surface area contributed by atoms with Gasteiger partial charge in [-0.1, -0.05) is 12.1 Å². The molecule has 0 spiro atoms. The van der Waals surface area contributed by atoms with Gasteiger partial charge in [0.15, 0.2) is 5.82 Å². The number of methoxy groups -OCH3 is 1. The SMILES string of the molecule is COc1ccccc1Nc1nc(N)nc(COc2ccc(-c3nnco3)cc2)n1. The first-order chi connectivity index (χ1) is 14.2. The Hall–Kier alpha value is -4.21. The molecule has 146 valence electrons. The molecule has 4 rings (SSSR count). The van der Waals surface area contributed by atoms with Crippen molar-refractivity contribution in [1.82, 2.24) is 25.1 Å². The van der Waals surface area contributed by atoms with Gasteiger partial charge in [-0.25, -0.2) is 0 Å². The summed E-state index contributed by atoms with van der Waals surface area (Å²) in [4.78, 5) is 12.6. The van der Waals surface area contributed by atoms with E-state index in [0.29, 0.717) is 34.8 Å². The molecule has 4 aromatic rings. The van der Waals surface area contributed by atoms with Gasteiger partial charge in [0.2, 0.25) is 24.2 Å². The minimum Gasteiger partial charge on any atom is -0.495 e. The number of nitrogen functional groups attached to an aromatic ring is 1. The summed E-state index contributed by atoms with van der Waals surface area (Å²) >= 11 is 0. The van der Waals surface area contributed by atoms with Gasteiger partial charge >= 0.3 is 0 Å². The number of aromatic nitrogens is 5. The van der Waals surface area contributed by atoms with Gasteiger partial charge in [0, 0.05) is 5.56 Å². The number of nitrogens with two attached hydrogens (primary N) is 1. The van der Waals surface area contributed by atoms with Crippen molar-refractivity contribution < 1.29 is 13.9 Å². The molecule has 0 bridgehead atoms. The second kappa shape index (κ2) is 8.21. The van der Waals surface area contributed by atoms with E-state index in [2.05, 4.69) is 30.5 Å². The highest BCUT2D eigenvalue weighted by molar-refractivity contribution is 5.62. The summed E-state index contributed by atoms with van der Waals surface area (Å²) in [5.74, 6) is 2.50. The molecule has 10 nitrogen and oxygen atoms in total. The average molecular weight is 391 g/mol. The van der Waals surface area contributed by atoms with Crippen molar-refractivity contribution in [3.05, 3.63) is 60.7 Å². The van der Waals surface area contributed by atoms with Gasteiger partial charge < -0.3 is 24.9 Å². The first kappa shape index (κ1) is 18.2. The van der Waals surface area contributed by atoms with Crippen molar-refractivity contribution in [3.63, 3.8) is 0 Å². The molecule has 2 heterocycles. The van der Waals surface area contributed by atoms with E-state index in [1.165, 1.54) is 6.39 Å². The van der Waals surface area contributed by atoms with Crippen LogP contribution in [0.1, 0.15) is 5.82 Å². The molecule has 0 aliphatic rings. The van der Waals surface area contributed by atoms with Crippen LogP contribution in [-0.4, -0.2) is 32.3 Å². The monoisotopic (exact) mass is 391 g/mol. The molecule has 29 heavy (non-hydrogen) atoms. The maximum Gasteiger partial charge on any atom is 0.247 e. The van der Waals surface area contributed by atoms with Crippen LogP contribution in [0, 0.1) is 0 Å². The van der Waals surface area contributed by atoms with E-state index >= 15 is 0 Å². The fourth-order valence-corrected chi connectivity index (χ4v) is 2.57. The summed E-state index contributed by atoms with van der Waals surface area (Å²) in [6.07, 6.45) is 1.28. The molecule has 0 amide bonds. The average Bonchev–Trinajstić information content (AvgIpc) is 3.28. The minimum absolute atomic E-state index is 0.0859. The third-order valence-corrected chi connectivity index (χ3v) is 3.88. The summed E-state index contributed by atoms with van der Waals surface area (Å²) < 4.78 is 16.2. The Bertz CT molecular complexity index is 1090. The number of nitrogens with zero attached hydrogens (tertiary/aromatic N) is 5. The normalized spacial score (nSPS) is 10.5. The molecule has 0 aliphatic heterocycles. The highest BCUT2D eigenvalue weighted by atomic mass is 16.5. The number of benzene rings is 2. The van der Waals surface area contributed by atoms with Crippen LogP contribution in [0.2, 0.25) is 0 Å². The maximum absolute atomic E-state index is 5.81. The topological polar surface area (TPSA) is 134 Å². The van der Waals surface area contributed by atoms with Gasteiger partial charge in [-0.2, -0.15) is 15.0 Å². The van der Waals surface area contributed by atoms with Crippen LogP contribution in [0.15, 0.2) is 59.3 Å². The summed E-state index contributed by atoms with van der Waals surface area (Å²) in [5, 5.41) is 10.6. The van der Waals surface area contributed by atoms with E-state index in [9.17, 15) is 0 Å². The van der Waals surface area contributed by atoms with Crippen LogP contribution >= 0.6 is 0 Å². The Balaban J connectivity index is 1.45. The highest BCUT2D eigenvalue weighted by Gasteiger charge is 2.09. The minimum atomic E-state index is 0.0859. The molecule has 0 atom stereocenters. The lowest BCUT2D eigenvalue weighted by atomic mass is 10.2. The lowest BCUT2D eigenvalue weighted by molar-refractivity contribution is 0.296. The van der Waals surface area contributed by atoms with Crippen molar-refractivity contribution in [3.8, 4) is 23.0 Å². The predicted molar refractivity (Wildman–Crippen MR) is 105 cm³/mol. The molecule has 0 fully saturated rings. The summed E-state index contributed by atoms with van der Waals surface area (Å²) in [5.41, 5.74) is 7.32. The Labute approximate surface area is 165 Å².